The predicted octanol–water partition coefficient (Wildman–Crippen LogP) is 2.57. The first-order chi connectivity index (χ1) is 6.81. The summed E-state index contributed by atoms with van der Waals surface area (Å²) in [6.07, 6.45) is 8.84. The fourth-order valence-electron chi connectivity index (χ4n) is 3.57. The Kier molecular flexibility index (Phi) is 2.32. The van der Waals surface area contributed by atoms with Gasteiger partial charge in [-0.15, -0.1) is 0 Å². The first-order valence-electron chi connectivity index (χ1n) is 6.16. The van der Waals surface area contributed by atoms with Crippen molar-refractivity contribution in [2.45, 2.75) is 44.6 Å². The van der Waals surface area contributed by atoms with Gasteiger partial charge in [0.25, 0.3) is 0 Å². The zero-order valence-electron chi connectivity index (χ0n) is 8.91. The van der Waals surface area contributed by atoms with Crippen LogP contribution in [0, 0.1) is 11.3 Å². The van der Waals surface area contributed by atoms with Crippen LogP contribution in [0.5, 0.6) is 0 Å². The molecule has 0 bridgehead atoms. The number of thiol groups is 1. The highest BCUT2D eigenvalue weighted by molar-refractivity contribution is 7.80. The quantitative estimate of drug-likeness (QED) is 0.687. The molecule has 1 saturated heterocycles. The van der Waals surface area contributed by atoms with Crippen molar-refractivity contribution < 1.29 is 0 Å². The molecule has 2 aliphatic carbocycles. The molecule has 0 aromatic carbocycles. The first-order valence-corrected chi connectivity index (χ1v) is 6.79. The second-order valence-electron chi connectivity index (χ2n) is 5.74. The average molecular weight is 211 g/mol. The summed E-state index contributed by atoms with van der Waals surface area (Å²) < 4.78 is 0. The normalized spacial score (nSPS) is 43.9. The number of hydrogen-bond donors (Lipinski definition) is 1. The molecule has 1 spiro atoms. The van der Waals surface area contributed by atoms with Gasteiger partial charge in [0.1, 0.15) is 0 Å². The van der Waals surface area contributed by atoms with Gasteiger partial charge in [0.2, 0.25) is 0 Å². The molecule has 3 aliphatic rings. The van der Waals surface area contributed by atoms with E-state index in [4.69, 9.17) is 0 Å². The van der Waals surface area contributed by atoms with E-state index in [2.05, 4.69) is 17.5 Å². The van der Waals surface area contributed by atoms with Crippen molar-refractivity contribution in [2.24, 2.45) is 11.3 Å². The third-order valence-electron chi connectivity index (χ3n) is 4.59. The monoisotopic (exact) mass is 211 g/mol. The standard InChI is InChI=1S/C12H21NS/c14-8-10-3-4-12(7-10)5-6-13(9-12)11-1-2-11/h10-11,14H,1-9H2/t10-,12-/m1/s1. The minimum Gasteiger partial charge on any atom is -0.300 e. The average Bonchev–Trinajstić information content (AvgIpc) is 2.87. The van der Waals surface area contributed by atoms with Crippen LogP contribution in [0.25, 0.3) is 0 Å². The topological polar surface area (TPSA) is 3.24 Å². The molecule has 3 rings (SSSR count). The summed E-state index contributed by atoms with van der Waals surface area (Å²) in [5.74, 6) is 2.04. The summed E-state index contributed by atoms with van der Waals surface area (Å²) in [5.41, 5.74) is 0.732. The molecule has 0 amide bonds. The lowest BCUT2D eigenvalue weighted by molar-refractivity contribution is 0.250. The molecule has 1 nitrogen and oxygen atoms in total. The predicted molar refractivity (Wildman–Crippen MR) is 62.8 cm³/mol. The molecular formula is C12H21NS. The van der Waals surface area contributed by atoms with Crippen molar-refractivity contribution in [3.05, 3.63) is 0 Å². The molecule has 0 N–H and O–H groups in total. The van der Waals surface area contributed by atoms with Crippen molar-refractivity contribution in [1.82, 2.24) is 4.90 Å². The fourth-order valence-corrected chi connectivity index (χ4v) is 3.89. The molecule has 80 valence electrons. The van der Waals surface area contributed by atoms with Crippen LogP contribution in [0.15, 0.2) is 0 Å². The van der Waals surface area contributed by atoms with Crippen LogP contribution in [-0.4, -0.2) is 29.8 Å². The Labute approximate surface area is 92.7 Å². The van der Waals surface area contributed by atoms with Gasteiger partial charge >= 0.3 is 0 Å². The Morgan fingerprint density at radius 2 is 2.07 bits per heavy atom. The molecule has 0 unspecified atom stereocenters. The summed E-state index contributed by atoms with van der Waals surface area (Å²) in [6.45, 7) is 2.81. The second-order valence-corrected chi connectivity index (χ2v) is 6.11. The molecular weight excluding hydrogens is 190 g/mol. The fraction of sp³-hybridized carbons (Fsp3) is 1.00. The van der Waals surface area contributed by atoms with Gasteiger partial charge in [-0.25, -0.2) is 0 Å². The zero-order valence-corrected chi connectivity index (χ0v) is 9.81. The minimum atomic E-state index is 0.732. The van der Waals surface area contributed by atoms with Crippen LogP contribution in [0.4, 0.5) is 0 Å². The zero-order chi connectivity index (χ0) is 9.60. The van der Waals surface area contributed by atoms with E-state index in [1.54, 1.807) is 0 Å². The van der Waals surface area contributed by atoms with Crippen molar-refractivity contribution in [3.63, 3.8) is 0 Å². The highest BCUT2D eigenvalue weighted by Crippen LogP contribution is 2.50. The maximum atomic E-state index is 4.45. The lowest BCUT2D eigenvalue weighted by Crippen LogP contribution is -2.27. The van der Waals surface area contributed by atoms with E-state index >= 15 is 0 Å². The van der Waals surface area contributed by atoms with Crippen LogP contribution in [0.1, 0.15) is 38.5 Å². The molecule has 0 aromatic rings. The Bertz CT molecular complexity index is 226. The minimum absolute atomic E-state index is 0.732. The van der Waals surface area contributed by atoms with Crippen LogP contribution >= 0.6 is 12.6 Å². The molecule has 3 fully saturated rings. The Morgan fingerprint density at radius 1 is 1.21 bits per heavy atom. The molecule has 14 heavy (non-hydrogen) atoms. The molecule has 0 radical (unpaired) electrons. The Hall–Kier alpha value is 0.310. The summed E-state index contributed by atoms with van der Waals surface area (Å²) in [6, 6.07) is 0.990. The van der Waals surface area contributed by atoms with E-state index in [1.807, 2.05) is 0 Å². The van der Waals surface area contributed by atoms with E-state index in [9.17, 15) is 0 Å². The summed E-state index contributed by atoms with van der Waals surface area (Å²) in [5, 5.41) is 0. The lowest BCUT2D eigenvalue weighted by atomic mass is 9.85. The van der Waals surface area contributed by atoms with Gasteiger partial charge in [-0.05, 0) is 62.2 Å². The number of rotatable bonds is 2. The largest absolute Gasteiger partial charge is 0.300 e. The molecule has 2 saturated carbocycles. The Morgan fingerprint density at radius 3 is 2.71 bits per heavy atom. The van der Waals surface area contributed by atoms with Crippen molar-refractivity contribution in [3.8, 4) is 0 Å². The van der Waals surface area contributed by atoms with E-state index in [0.717, 1.165) is 23.1 Å². The third-order valence-corrected chi connectivity index (χ3v) is 5.11. The summed E-state index contributed by atoms with van der Waals surface area (Å²) in [7, 11) is 0. The summed E-state index contributed by atoms with van der Waals surface area (Å²) >= 11 is 4.45. The Balaban J connectivity index is 1.63. The van der Waals surface area contributed by atoms with Crippen molar-refractivity contribution in [1.29, 1.82) is 0 Å². The van der Waals surface area contributed by atoms with E-state index < -0.39 is 0 Å². The molecule has 0 aromatic heterocycles. The number of hydrogen-bond acceptors (Lipinski definition) is 2. The SMILES string of the molecule is SC[C@@H]1CC[C@@]2(CCN(C3CC3)C2)C1. The maximum absolute atomic E-state index is 4.45. The van der Waals surface area contributed by atoms with Gasteiger partial charge in [0, 0.05) is 12.6 Å². The van der Waals surface area contributed by atoms with Crippen LogP contribution in [0.3, 0.4) is 0 Å². The van der Waals surface area contributed by atoms with Crippen LogP contribution < -0.4 is 0 Å². The van der Waals surface area contributed by atoms with Crippen LogP contribution in [-0.2, 0) is 0 Å². The van der Waals surface area contributed by atoms with Crippen LogP contribution in [0.2, 0.25) is 0 Å². The maximum Gasteiger partial charge on any atom is 0.00966 e. The molecule has 1 heterocycles. The summed E-state index contributed by atoms with van der Waals surface area (Å²) in [4.78, 5) is 2.76. The van der Waals surface area contributed by atoms with E-state index in [-0.39, 0.29) is 0 Å². The first kappa shape index (κ1) is 9.53. The molecule has 2 heteroatoms. The van der Waals surface area contributed by atoms with Gasteiger partial charge in [0.15, 0.2) is 0 Å². The second kappa shape index (κ2) is 3.41. The van der Waals surface area contributed by atoms with E-state index in [0.29, 0.717) is 0 Å². The van der Waals surface area contributed by atoms with Crippen molar-refractivity contribution >= 4 is 12.6 Å². The lowest BCUT2D eigenvalue weighted by Gasteiger charge is -2.24. The van der Waals surface area contributed by atoms with Gasteiger partial charge < -0.3 is 0 Å². The van der Waals surface area contributed by atoms with Crippen molar-refractivity contribution in [2.75, 3.05) is 18.8 Å². The van der Waals surface area contributed by atoms with Gasteiger partial charge in [0.05, 0.1) is 0 Å². The van der Waals surface area contributed by atoms with Gasteiger partial charge in [-0.2, -0.15) is 12.6 Å². The molecule has 1 aliphatic heterocycles. The highest BCUT2D eigenvalue weighted by atomic mass is 32.1. The van der Waals surface area contributed by atoms with Gasteiger partial charge in [-0.1, -0.05) is 0 Å². The smallest absolute Gasteiger partial charge is 0.00966 e. The number of likely N-dealkylation sites (tertiary alicyclic amines) is 1. The third kappa shape index (κ3) is 1.61. The van der Waals surface area contributed by atoms with Gasteiger partial charge in [-0.3, -0.25) is 4.90 Å². The number of nitrogens with zero attached hydrogens (tertiary/aromatic N) is 1. The van der Waals surface area contributed by atoms with E-state index in [1.165, 1.54) is 51.6 Å². The molecule has 2 atom stereocenters. The highest BCUT2D eigenvalue weighted by Gasteiger charge is 2.46.